The van der Waals surface area contributed by atoms with Gasteiger partial charge in [0, 0.05) is 17.5 Å². The molecule has 2 aliphatic rings. The van der Waals surface area contributed by atoms with E-state index in [1.54, 1.807) is 13.8 Å². The van der Waals surface area contributed by atoms with E-state index in [0.717, 1.165) is 12.1 Å². The number of carboxylic acid groups (broad SMARTS) is 2. The molecule has 0 fully saturated rings. The van der Waals surface area contributed by atoms with Gasteiger partial charge in [0.25, 0.3) is 0 Å². The van der Waals surface area contributed by atoms with Gasteiger partial charge in [0.1, 0.15) is 11.9 Å². The largest absolute Gasteiger partial charge is 0.507 e. The van der Waals surface area contributed by atoms with Crippen LogP contribution in [0, 0.1) is 19.3 Å². The number of Topliss-reactive ketones (excluding diaryl/α,β-unsaturated/α-hetero) is 1. The van der Waals surface area contributed by atoms with Gasteiger partial charge in [-0.1, -0.05) is 11.2 Å². The van der Waals surface area contributed by atoms with Crippen molar-refractivity contribution < 1.29 is 43.0 Å². The van der Waals surface area contributed by atoms with E-state index in [1.165, 1.54) is 13.0 Å². The van der Waals surface area contributed by atoms with Crippen LogP contribution in [0.3, 0.4) is 0 Å². The summed E-state index contributed by atoms with van der Waals surface area (Å²) in [6.45, 7) is 7.79. The van der Waals surface area contributed by atoms with Crippen molar-refractivity contribution in [2.24, 2.45) is 10.6 Å². The Balaban J connectivity index is 2.32. The van der Waals surface area contributed by atoms with Crippen molar-refractivity contribution in [3.63, 3.8) is 0 Å². The van der Waals surface area contributed by atoms with Crippen LogP contribution in [0.25, 0.3) is 0 Å². The molecule has 198 valence electrons. The van der Waals surface area contributed by atoms with E-state index in [-0.39, 0.29) is 28.3 Å². The predicted octanol–water partition coefficient (Wildman–Crippen LogP) is 3.50. The summed E-state index contributed by atoms with van der Waals surface area (Å²) in [5, 5.41) is 34.0. The monoisotopic (exact) mass is 551 g/mol. The summed E-state index contributed by atoms with van der Waals surface area (Å²) < 4.78 is 26.2. The van der Waals surface area contributed by atoms with E-state index in [0.29, 0.717) is 16.8 Å². The molecule has 3 rings (SSSR count). The quantitative estimate of drug-likeness (QED) is 0.236. The summed E-state index contributed by atoms with van der Waals surface area (Å²) in [5.74, 6) is -5.06. The second-order valence-electron chi connectivity index (χ2n) is 9.16. The molecule has 2 unspecified atom stereocenters. The molecular weight excluding hydrogens is 526 g/mol. The lowest BCUT2D eigenvalue weighted by molar-refractivity contribution is -0.145. The van der Waals surface area contributed by atoms with Gasteiger partial charge in [-0.3, -0.25) is 9.59 Å². The minimum Gasteiger partial charge on any atom is -0.507 e. The fourth-order valence-electron chi connectivity index (χ4n) is 4.53. The summed E-state index contributed by atoms with van der Waals surface area (Å²) in [4.78, 5) is 42.7. The fourth-order valence-corrected chi connectivity index (χ4v) is 6.05. The Kier molecular flexibility index (Phi) is 7.71. The highest BCUT2D eigenvalue weighted by atomic mass is 35.5. The van der Waals surface area contributed by atoms with Crippen molar-refractivity contribution in [2.45, 2.75) is 44.6 Å². The van der Waals surface area contributed by atoms with E-state index in [4.69, 9.17) is 16.4 Å². The van der Waals surface area contributed by atoms with Crippen molar-refractivity contribution >= 4 is 44.9 Å². The molecule has 0 saturated carbocycles. The zero-order valence-electron chi connectivity index (χ0n) is 20.4. The van der Waals surface area contributed by atoms with Crippen LogP contribution < -0.4 is 0 Å². The fraction of sp³-hybridized carbons (Fsp3) is 0.360. The number of aliphatic hydroxyl groups excluding tert-OH is 1. The molecule has 1 aromatic rings. The van der Waals surface area contributed by atoms with Crippen LogP contribution in [0.5, 0.6) is 0 Å². The first-order chi connectivity index (χ1) is 17.2. The molecule has 2 atom stereocenters. The first-order valence-electron chi connectivity index (χ1n) is 11.1. The highest BCUT2D eigenvalue weighted by Crippen LogP contribution is 2.40. The van der Waals surface area contributed by atoms with Crippen LogP contribution in [0.2, 0.25) is 0 Å². The molecule has 1 aliphatic carbocycles. The summed E-state index contributed by atoms with van der Waals surface area (Å²) >= 11 is 5.88. The molecule has 1 aliphatic heterocycles. The number of rotatable bonds is 9. The first-order valence-corrected chi connectivity index (χ1v) is 13.3. The SMILES string of the molecule is C=CCS(=O)(=O)c1cc(C(=O)C2=C(C(=O)O)CC(C)(C(=O)O)C=C2O)c(C)c(C2=NOC(CCl)C2)c1C. The van der Waals surface area contributed by atoms with Crippen molar-refractivity contribution in [1.82, 2.24) is 0 Å². The number of oxime groups is 1. The van der Waals surface area contributed by atoms with Crippen LogP contribution in [-0.4, -0.2) is 64.9 Å². The smallest absolute Gasteiger partial charge is 0.332 e. The normalized spacial score (nSPS) is 21.7. The van der Waals surface area contributed by atoms with Gasteiger partial charge < -0.3 is 20.2 Å². The van der Waals surface area contributed by atoms with Gasteiger partial charge in [-0.2, -0.15) is 0 Å². The summed E-state index contributed by atoms with van der Waals surface area (Å²) in [7, 11) is -3.97. The van der Waals surface area contributed by atoms with Crippen LogP contribution in [0.1, 0.15) is 46.8 Å². The van der Waals surface area contributed by atoms with Gasteiger partial charge in [-0.15, -0.1) is 18.2 Å². The number of nitrogens with zero attached hydrogens (tertiary/aromatic N) is 1. The maximum atomic E-state index is 13.8. The number of benzene rings is 1. The summed E-state index contributed by atoms with van der Waals surface area (Å²) in [6.07, 6.45) is 1.33. The number of hydrogen-bond donors (Lipinski definition) is 3. The molecule has 1 heterocycles. The lowest BCUT2D eigenvalue weighted by Crippen LogP contribution is -2.33. The molecule has 10 nitrogen and oxygen atoms in total. The number of carbonyl (C=O) groups excluding carboxylic acids is 1. The van der Waals surface area contributed by atoms with Gasteiger partial charge in [0.2, 0.25) is 0 Å². The average Bonchev–Trinajstić information content (AvgIpc) is 3.26. The second-order valence-corrected chi connectivity index (χ2v) is 11.5. The zero-order chi connectivity index (χ0) is 27.9. The number of carbonyl (C=O) groups is 3. The maximum absolute atomic E-state index is 13.8. The lowest BCUT2D eigenvalue weighted by atomic mass is 9.75. The predicted molar refractivity (Wildman–Crippen MR) is 135 cm³/mol. The number of aliphatic hydroxyl groups is 1. The van der Waals surface area contributed by atoms with Gasteiger partial charge >= 0.3 is 11.9 Å². The Hall–Kier alpha value is -3.44. The van der Waals surface area contributed by atoms with Gasteiger partial charge in [0.05, 0.1) is 38.8 Å². The Morgan fingerprint density at radius 2 is 1.92 bits per heavy atom. The number of carboxylic acids is 2. The van der Waals surface area contributed by atoms with Crippen LogP contribution >= 0.6 is 11.6 Å². The average molecular weight is 552 g/mol. The number of alkyl halides is 1. The van der Waals surface area contributed by atoms with Crippen molar-refractivity contribution in [2.75, 3.05) is 11.6 Å². The Bertz CT molecular complexity index is 1420. The highest BCUT2D eigenvalue weighted by molar-refractivity contribution is 7.91. The van der Waals surface area contributed by atoms with E-state index < -0.39 is 68.2 Å². The Morgan fingerprint density at radius 1 is 1.27 bits per heavy atom. The van der Waals surface area contributed by atoms with Crippen molar-refractivity contribution in [3.8, 4) is 0 Å². The number of halogens is 1. The third-order valence-corrected chi connectivity index (χ3v) is 8.55. The molecule has 12 heteroatoms. The topological polar surface area (TPSA) is 168 Å². The molecule has 0 radical (unpaired) electrons. The van der Waals surface area contributed by atoms with Gasteiger partial charge in [-0.05, 0) is 50.5 Å². The van der Waals surface area contributed by atoms with E-state index in [1.807, 2.05) is 0 Å². The molecule has 0 saturated heterocycles. The second kappa shape index (κ2) is 10.1. The van der Waals surface area contributed by atoms with E-state index in [2.05, 4.69) is 11.7 Å². The van der Waals surface area contributed by atoms with Crippen LogP contribution in [-0.2, 0) is 24.3 Å². The van der Waals surface area contributed by atoms with Crippen LogP contribution in [0.4, 0.5) is 0 Å². The summed E-state index contributed by atoms with van der Waals surface area (Å²) in [5.41, 5.74) is -1.88. The van der Waals surface area contributed by atoms with E-state index >= 15 is 0 Å². The first kappa shape index (κ1) is 28.1. The Labute approximate surface area is 218 Å². The number of allylic oxidation sites excluding steroid dienone is 1. The standard InChI is InChI=1S/C25H26ClNO9S/c1-5-6-37(34,35)19-8-15(12(2)20(13(19)3)17-7-14(11-26)36-27-17)22(29)21-16(23(30)31)9-25(4,24(32)33)10-18(21)28/h5,8,10,14,28H,1,6-7,9,11H2,2-4H3,(H,30,31)(H,32,33). The van der Waals surface area contributed by atoms with Crippen molar-refractivity contribution in [1.29, 1.82) is 0 Å². The van der Waals surface area contributed by atoms with Gasteiger partial charge in [0.15, 0.2) is 15.6 Å². The number of hydrogen-bond acceptors (Lipinski definition) is 8. The van der Waals surface area contributed by atoms with Crippen LogP contribution in [0.15, 0.2) is 51.8 Å². The molecule has 3 N–H and O–H groups in total. The van der Waals surface area contributed by atoms with E-state index in [9.17, 15) is 38.1 Å². The maximum Gasteiger partial charge on any atom is 0.332 e. The molecule has 0 bridgehead atoms. The minimum absolute atomic E-state index is 0.126. The zero-order valence-corrected chi connectivity index (χ0v) is 21.9. The van der Waals surface area contributed by atoms with Gasteiger partial charge in [-0.25, -0.2) is 13.2 Å². The molecule has 0 amide bonds. The van der Waals surface area contributed by atoms with Crippen molar-refractivity contribution in [3.05, 3.63) is 64.0 Å². The molecule has 1 aromatic carbocycles. The lowest BCUT2D eigenvalue weighted by Gasteiger charge is -2.28. The third kappa shape index (κ3) is 5.05. The molecule has 0 spiro atoms. The number of ketones is 1. The Morgan fingerprint density at radius 3 is 2.43 bits per heavy atom. The highest BCUT2D eigenvalue weighted by Gasteiger charge is 2.42. The summed E-state index contributed by atoms with van der Waals surface area (Å²) in [6, 6.07) is 1.13. The number of sulfone groups is 1. The molecular formula is C25H26ClNO9S. The minimum atomic E-state index is -3.97. The molecule has 0 aromatic heterocycles. The number of aliphatic carboxylic acids is 2. The third-order valence-electron chi connectivity index (χ3n) is 6.44. The molecule has 37 heavy (non-hydrogen) atoms.